The average Bonchev–Trinajstić information content (AvgIpc) is 2.61. The molecule has 1 atom stereocenters. The molecule has 2 aromatic carbocycles. The van der Waals surface area contributed by atoms with Crippen LogP contribution in [0.3, 0.4) is 0 Å². The Kier molecular flexibility index (Phi) is 6.42. The first-order chi connectivity index (χ1) is 12.2. The highest BCUT2D eigenvalue weighted by molar-refractivity contribution is 9.10. The molecular weight excluding hydrogens is 415 g/mol. The van der Waals surface area contributed by atoms with Gasteiger partial charge < -0.3 is 10.1 Å². The topological polar surface area (TPSA) is 55.4 Å². The summed E-state index contributed by atoms with van der Waals surface area (Å²) in [6.07, 6.45) is -4.44. The monoisotopic (exact) mass is 429 g/mol. The van der Waals surface area contributed by atoms with Crippen molar-refractivity contribution in [2.75, 3.05) is 7.11 Å². The van der Waals surface area contributed by atoms with E-state index in [2.05, 4.69) is 21.2 Å². The van der Waals surface area contributed by atoms with Crippen LogP contribution in [0.15, 0.2) is 53.0 Å². The Morgan fingerprint density at radius 1 is 1.15 bits per heavy atom. The maximum Gasteiger partial charge on any atom is 0.416 e. The van der Waals surface area contributed by atoms with E-state index in [-0.39, 0.29) is 12.0 Å². The average molecular weight is 430 g/mol. The number of alkyl halides is 3. The van der Waals surface area contributed by atoms with E-state index in [0.717, 1.165) is 28.2 Å². The zero-order valence-electron chi connectivity index (χ0n) is 13.6. The van der Waals surface area contributed by atoms with Gasteiger partial charge in [0.05, 0.1) is 12.7 Å². The normalized spacial score (nSPS) is 12.3. The van der Waals surface area contributed by atoms with Gasteiger partial charge >= 0.3 is 12.1 Å². The molecule has 1 N–H and O–H groups in total. The molecule has 2 aromatic rings. The second-order valence-electron chi connectivity index (χ2n) is 5.42. The van der Waals surface area contributed by atoms with Gasteiger partial charge in [0, 0.05) is 16.5 Å². The number of esters is 1. The Hall–Kier alpha value is -2.35. The number of hydrogen-bond acceptors (Lipinski definition) is 3. The Labute approximate surface area is 156 Å². The van der Waals surface area contributed by atoms with E-state index in [1.54, 1.807) is 24.3 Å². The van der Waals surface area contributed by atoms with Crippen molar-refractivity contribution < 1.29 is 27.5 Å². The van der Waals surface area contributed by atoms with Crippen LogP contribution in [0.25, 0.3) is 0 Å². The molecule has 0 aliphatic heterocycles. The number of nitrogens with one attached hydrogen (secondary N) is 1. The van der Waals surface area contributed by atoms with Gasteiger partial charge in [-0.05, 0) is 29.8 Å². The smallest absolute Gasteiger partial charge is 0.416 e. The standard InChI is InChI=1S/C18H15BrF3NO3/c1-26-17(25)15(10-11-5-2-3-8-14(11)19)23-16(24)12-6-4-7-13(9-12)18(20,21)22/h2-9,15H,10H2,1H3,(H,23,24)/t15-/m0/s1. The lowest BCUT2D eigenvalue weighted by atomic mass is 10.0. The molecule has 0 bridgehead atoms. The molecule has 26 heavy (non-hydrogen) atoms. The summed E-state index contributed by atoms with van der Waals surface area (Å²) in [6.45, 7) is 0. The van der Waals surface area contributed by atoms with Crippen molar-refractivity contribution >= 4 is 27.8 Å². The van der Waals surface area contributed by atoms with Gasteiger partial charge in [-0.1, -0.05) is 40.2 Å². The highest BCUT2D eigenvalue weighted by atomic mass is 79.9. The summed E-state index contributed by atoms with van der Waals surface area (Å²) in [5.74, 6) is -1.49. The maximum absolute atomic E-state index is 12.8. The molecule has 0 aliphatic rings. The number of halogens is 4. The molecule has 138 valence electrons. The van der Waals surface area contributed by atoms with Crippen LogP contribution in [0.2, 0.25) is 0 Å². The first kappa shape index (κ1) is 20.0. The Balaban J connectivity index is 2.22. The van der Waals surface area contributed by atoms with Crippen molar-refractivity contribution in [2.24, 2.45) is 0 Å². The van der Waals surface area contributed by atoms with E-state index >= 15 is 0 Å². The van der Waals surface area contributed by atoms with E-state index in [9.17, 15) is 22.8 Å². The van der Waals surface area contributed by atoms with Gasteiger partial charge in [0.1, 0.15) is 6.04 Å². The van der Waals surface area contributed by atoms with Crippen LogP contribution in [-0.2, 0) is 22.1 Å². The Morgan fingerprint density at radius 3 is 2.46 bits per heavy atom. The molecule has 0 spiro atoms. The first-order valence-electron chi connectivity index (χ1n) is 7.51. The number of rotatable bonds is 5. The number of ether oxygens (including phenoxy) is 1. The lowest BCUT2D eigenvalue weighted by molar-refractivity contribution is -0.143. The van der Waals surface area contributed by atoms with Crippen LogP contribution < -0.4 is 5.32 Å². The number of amides is 1. The fourth-order valence-corrected chi connectivity index (χ4v) is 2.74. The van der Waals surface area contributed by atoms with E-state index in [1.807, 2.05) is 0 Å². The summed E-state index contributed by atoms with van der Waals surface area (Å²) < 4.78 is 43.8. The van der Waals surface area contributed by atoms with Crippen LogP contribution in [0.1, 0.15) is 21.5 Å². The number of carbonyl (C=O) groups is 2. The third kappa shape index (κ3) is 5.08. The molecule has 0 saturated carbocycles. The van der Waals surface area contributed by atoms with E-state index in [4.69, 9.17) is 4.74 Å². The second kappa shape index (κ2) is 8.35. The summed E-state index contributed by atoms with van der Waals surface area (Å²) in [5, 5.41) is 2.44. The highest BCUT2D eigenvalue weighted by Crippen LogP contribution is 2.29. The zero-order valence-corrected chi connectivity index (χ0v) is 15.2. The third-order valence-corrected chi connectivity index (χ3v) is 4.40. The van der Waals surface area contributed by atoms with Crippen LogP contribution in [0, 0.1) is 0 Å². The number of carbonyl (C=O) groups excluding carboxylic acids is 2. The molecule has 1 amide bonds. The molecule has 8 heteroatoms. The minimum absolute atomic E-state index is 0.124. The summed E-state index contributed by atoms with van der Waals surface area (Å²) in [6, 6.07) is 10.0. The summed E-state index contributed by atoms with van der Waals surface area (Å²) in [5.41, 5.74) is -0.390. The van der Waals surface area contributed by atoms with Crippen molar-refractivity contribution in [3.8, 4) is 0 Å². The summed E-state index contributed by atoms with van der Waals surface area (Å²) in [7, 11) is 1.17. The van der Waals surface area contributed by atoms with Gasteiger partial charge in [-0.15, -0.1) is 0 Å². The molecule has 0 radical (unpaired) electrons. The molecule has 0 saturated heterocycles. The van der Waals surface area contributed by atoms with E-state index in [1.165, 1.54) is 13.2 Å². The van der Waals surface area contributed by atoms with Crippen LogP contribution in [0.5, 0.6) is 0 Å². The molecule has 2 rings (SSSR count). The van der Waals surface area contributed by atoms with Gasteiger partial charge in [0.15, 0.2) is 0 Å². The fraction of sp³-hybridized carbons (Fsp3) is 0.222. The maximum atomic E-state index is 12.8. The lowest BCUT2D eigenvalue weighted by Gasteiger charge is -2.18. The SMILES string of the molecule is COC(=O)[C@H](Cc1ccccc1Br)NC(=O)c1cccc(C(F)(F)F)c1. The second-order valence-corrected chi connectivity index (χ2v) is 6.28. The largest absolute Gasteiger partial charge is 0.467 e. The third-order valence-electron chi connectivity index (χ3n) is 3.62. The highest BCUT2D eigenvalue weighted by Gasteiger charge is 2.31. The molecule has 0 aromatic heterocycles. The van der Waals surface area contributed by atoms with Crippen molar-refractivity contribution in [3.63, 3.8) is 0 Å². The van der Waals surface area contributed by atoms with Crippen molar-refractivity contribution in [1.29, 1.82) is 0 Å². The van der Waals surface area contributed by atoms with Gasteiger partial charge in [-0.2, -0.15) is 13.2 Å². The number of benzene rings is 2. The Bertz CT molecular complexity index is 808. The first-order valence-corrected chi connectivity index (χ1v) is 8.31. The predicted molar refractivity (Wildman–Crippen MR) is 92.6 cm³/mol. The minimum Gasteiger partial charge on any atom is -0.467 e. The molecule has 0 aliphatic carbocycles. The van der Waals surface area contributed by atoms with Gasteiger partial charge in [-0.25, -0.2) is 4.79 Å². The van der Waals surface area contributed by atoms with Crippen LogP contribution >= 0.6 is 15.9 Å². The lowest BCUT2D eigenvalue weighted by Crippen LogP contribution is -2.43. The van der Waals surface area contributed by atoms with Crippen LogP contribution in [0.4, 0.5) is 13.2 Å². The number of hydrogen-bond donors (Lipinski definition) is 1. The Morgan fingerprint density at radius 2 is 1.85 bits per heavy atom. The summed E-state index contributed by atoms with van der Waals surface area (Å²) in [4.78, 5) is 24.3. The summed E-state index contributed by atoms with van der Waals surface area (Å²) >= 11 is 3.35. The number of methoxy groups -OCH3 is 1. The predicted octanol–water partition coefficient (Wildman–Crippen LogP) is 3.98. The van der Waals surface area contributed by atoms with Gasteiger partial charge in [0.25, 0.3) is 5.91 Å². The molecule has 0 heterocycles. The quantitative estimate of drug-likeness (QED) is 0.731. The van der Waals surface area contributed by atoms with E-state index in [0.29, 0.717) is 0 Å². The molecule has 4 nitrogen and oxygen atoms in total. The van der Waals surface area contributed by atoms with Gasteiger partial charge in [0.2, 0.25) is 0 Å². The van der Waals surface area contributed by atoms with Crippen LogP contribution in [-0.4, -0.2) is 25.0 Å². The molecule has 0 unspecified atom stereocenters. The minimum atomic E-state index is -4.56. The van der Waals surface area contributed by atoms with Gasteiger partial charge in [-0.3, -0.25) is 4.79 Å². The molecule has 0 fully saturated rings. The fourth-order valence-electron chi connectivity index (χ4n) is 2.30. The van der Waals surface area contributed by atoms with Crippen molar-refractivity contribution in [2.45, 2.75) is 18.6 Å². The zero-order chi connectivity index (χ0) is 19.3. The van der Waals surface area contributed by atoms with Crippen molar-refractivity contribution in [3.05, 3.63) is 69.7 Å². The molecular formula is C18H15BrF3NO3. The van der Waals surface area contributed by atoms with E-state index < -0.39 is 29.7 Å². The van der Waals surface area contributed by atoms with Crippen molar-refractivity contribution in [1.82, 2.24) is 5.32 Å².